The molecule has 1 saturated carbocycles. The molecule has 1 aromatic carbocycles. The van der Waals surface area contributed by atoms with Gasteiger partial charge in [0, 0.05) is 12.6 Å². The summed E-state index contributed by atoms with van der Waals surface area (Å²) in [6.45, 7) is 2.84. The zero-order valence-electron chi connectivity index (χ0n) is 12.2. The number of carbonyl (C=O) groups excluding carboxylic acids is 1. The molecule has 0 aromatic heterocycles. The average molecular weight is 291 g/mol. The second-order valence-corrected chi connectivity index (χ2v) is 5.34. The van der Waals surface area contributed by atoms with Crippen molar-refractivity contribution in [2.75, 3.05) is 6.61 Å². The highest BCUT2D eigenvalue weighted by Gasteiger charge is 2.32. The van der Waals surface area contributed by atoms with E-state index in [4.69, 9.17) is 9.84 Å². The fraction of sp³-hybridized carbons (Fsp3) is 0.500. The van der Waals surface area contributed by atoms with Crippen molar-refractivity contribution in [3.63, 3.8) is 0 Å². The van der Waals surface area contributed by atoms with Crippen molar-refractivity contribution in [2.24, 2.45) is 5.92 Å². The third-order valence-corrected chi connectivity index (χ3v) is 3.65. The standard InChI is InChI=1S/C16H21NO4/c1-2-21-15(18)9-14(12-7-8-12)17-10-11-3-5-13(6-4-11)16(19)20/h3-6,12,14,17H,2,7-10H2,1H3,(H,19,20)/t14-/m0/s1. The van der Waals surface area contributed by atoms with Crippen LogP contribution in [-0.2, 0) is 16.1 Å². The van der Waals surface area contributed by atoms with Crippen LogP contribution in [0, 0.1) is 5.92 Å². The van der Waals surface area contributed by atoms with Crippen LogP contribution in [0.3, 0.4) is 0 Å². The van der Waals surface area contributed by atoms with Crippen LogP contribution in [0.15, 0.2) is 24.3 Å². The van der Waals surface area contributed by atoms with Crippen molar-refractivity contribution < 1.29 is 19.4 Å². The number of ether oxygens (including phenoxy) is 1. The number of nitrogens with one attached hydrogen (secondary N) is 1. The molecule has 1 aliphatic carbocycles. The van der Waals surface area contributed by atoms with Crippen LogP contribution in [0.4, 0.5) is 0 Å². The van der Waals surface area contributed by atoms with Crippen LogP contribution >= 0.6 is 0 Å². The molecule has 5 heteroatoms. The van der Waals surface area contributed by atoms with Crippen LogP contribution in [-0.4, -0.2) is 29.7 Å². The van der Waals surface area contributed by atoms with E-state index in [-0.39, 0.29) is 17.6 Å². The molecule has 114 valence electrons. The number of aromatic carboxylic acids is 1. The second kappa shape index (κ2) is 7.22. The van der Waals surface area contributed by atoms with Gasteiger partial charge in [-0.25, -0.2) is 4.79 Å². The third-order valence-electron chi connectivity index (χ3n) is 3.65. The van der Waals surface area contributed by atoms with E-state index in [9.17, 15) is 9.59 Å². The van der Waals surface area contributed by atoms with Gasteiger partial charge in [-0.2, -0.15) is 0 Å². The lowest BCUT2D eigenvalue weighted by molar-refractivity contribution is -0.143. The van der Waals surface area contributed by atoms with Gasteiger partial charge >= 0.3 is 11.9 Å². The number of hydrogen-bond acceptors (Lipinski definition) is 4. The van der Waals surface area contributed by atoms with E-state index >= 15 is 0 Å². The highest BCUT2D eigenvalue weighted by Crippen LogP contribution is 2.34. The predicted molar refractivity (Wildman–Crippen MR) is 78.0 cm³/mol. The Kier molecular flexibility index (Phi) is 5.33. The van der Waals surface area contributed by atoms with Crippen molar-refractivity contribution >= 4 is 11.9 Å². The smallest absolute Gasteiger partial charge is 0.335 e. The minimum Gasteiger partial charge on any atom is -0.478 e. The van der Waals surface area contributed by atoms with Crippen molar-refractivity contribution in [1.29, 1.82) is 0 Å². The molecule has 1 aromatic rings. The lowest BCUT2D eigenvalue weighted by atomic mass is 10.1. The highest BCUT2D eigenvalue weighted by molar-refractivity contribution is 5.87. The molecular weight excluding hydrogens is 270 g/mol. The lowest BCUT2D eigenvalue weighted by Crippen LogP contribution is -2.33. The molecule has 0 radical (unpaired) electrons. The van der Waals surface area contributed by atoms with Gasteiger partial charge in [0.1, 0.15) is 0 Å². The molecule has 1 atom stereocenters. The molecule has 0 amide bonds. The van der Waals surface area contributed by atoms with Gasteiger partial charge in [-0.15, -0.1) is 0 Å². The number of benzene rings is 1. The van der Waals surface area contributed by atoms with Crippen LogP contribution in [0.2, 0.25) is 0 Å². The Morgan fingerprint density at radius 2 is 2.00 bits per heavy atom. The van der Waals surface area contributed by atoms with E-state index in [1.54, 1.807) is 24.3 Å². The Balaban J connectivity index is 1.86. The topological polar surface area (TPSA) is 75.6 Å². The summed E-state index contributed by atoms with van der Waals surface area (Å²) < 4.78 is 5.00. The monoisotopic (exact) mass is 291 g/mol. The van der Waals surface area contributed by atoms with Crippen molar-refractivity contribution in [3.8, 4) is 0 Å². The minimum atomic E-state index is -0.923. The predicted octanol–water partition coefficient (Wildman–Crippen LogP) is 2.21. The Labute approximate surface area is 124 Å². The summed E-state index contributed by atoms with van der Waals surface area (Å²) in [5.41, 5.74) is 1.29. The normalized spacial score (nSPS) is 15.5. The number of carboxylic acid groups (broad SMARTS) is 1. The number of hydrogen-bond donors (Lipinski definition) is 2. The maximum atomic E-state index is 11.6. The Morgan fingerprint density at radius 1 is 1.33 bits per heavy atom. The van der Waals surface area contributed by atoms with Crippen LogP contribution in [0.25, 0.3) is 0 Å². The van der Waals surface area contributed by atoms with E-state index < -0.39 is 5.97 Å². The van der Waals surface area contributed by atoms with E-state index in [0.29, 0.717) is 25.5 Å². The van der Waals surface area contributed by atoms with Crippen LogP contribution < -0.4 is 5.32 Å². The van der Waals surface area contributed by atoms with Gasteiger partial charge < -0.3 is 15.2 Å². The quantitative estimate of drug-likeness (QED) is 0.718. The van der Waals surface area contributed by atoms with E-state index in [1.807, 2.05) is 6.92 Å². The zero-order valence-corrected chi connectivity index (χ0v) is 12.2. The SMILES string of the molecule is CCOC(=O)C[C@H](NCc1ccc(C(=O)O)cc1)C1CC1. The molecule has 1 aliphatic rings. The number of carbonyl (C=O) groups is 2. The largest absolute Gasteiger partial charge is 0.478 e. The average Bonchev–Trinajstić information content (AvgIpc) is 3.28. The molecule has 2 N–H and O–H groups in total. The van der Waals surface area contributed by atoms with Gasteiger partial charge in [-0.3, -0.25) is 4.79 Å². The highest BCUT2D eigenvalue weighted by atomic mass is 16.5. The fourth-order valence-electron chi connectivity index (χ4n) is 2.32. The summed E-state index contributed by atoms with van der Waals surface area (Å²) in [5.74, 6) is -0.538. The van der Waals surface area contributed by atoms with Crippen molar-refractivity contribution in [3.05, 3.63) is 35.4 Å². The first-order valence-corrected chi connectivity index (χ1v) is 7.31. The maximum Gasteiger partial charge on any atom is 0.335 e. The molecule has 0 heterocycles. The second-order valence-electron chi connectivity index (χ2n) is 5.34. The van der Waals surface area contributed by atoms with E-state index in [2.05, 4.69) is 5.32 Å². The van der Waals surface area contributed by atoms with Gasteiger partial charge in [0.25, 0.3) is 0 Å². The number of esters is 1. The zero-order chi connectivity index (χ0) is 15.2. The minimum absolute atomic E-state index is 0.142. The molecule has 1 fully saturated rings. The summed E-state index contributed by atoms with van der Waals surface area (Å²) in [6, 6.07) is 6.92. The Morgan fingerprint density at radius 3 is 2.52 bits per heavy atom. The van der Waals surface area contributed by atoms with Gasteiger partial charge in [0.15, 0.2) is 0 Å². The molecule has 0 saturated heterocycles. The molecule has 0 bridgehead atoms. The van der Waals surface area contributed by atoms with Gasteiger partial charge in [0.05, 0.1) is 18.6 Å². The van der Waals surface area contributed by atoms with Gasteiger partial charge in [0.2, 0.25) is 0 Å². The molecule has 0 unspecified atom stereocenters. The van der Waals surface area contributed by atoms with E-state index in [1.165, 1.54) is 0 Å². The fourth-order valence-corrected chi connectivity index (χ4v) is 2.32. The molecule has 2 rings (SSSR count). The summed E-state index contributed by atoms with van der Waals surface area (Å²) in [5, 5.41) is 12.2. The van der Waals surface area contributed by atoms with Crippen molar-refractivity contribution in [2.45, 2.75) is 38.8 Å². The summed E-state index contributed by atoms with van der Waals surface area (Å²) >= 11 is 0. The molecule has 0 spiro atoms. The van der Waals surface area contributed by atoms with Gasteiger partial charge in [-0.05, 0) is 43.4 Å². The summed E-state index contributed by atoms with van der Waals surface area (Å²) in [6.07, 6.45) is 2.69. The first-order chi connectivity index (χ1) is 10.1. The Hall–Kier alpha value is -1.88. The first kappa shape index (κ1) is 15.5. The van der Waals surface area contributed by atoms with Crippen LogP contribution in [0.5, 0.6) is 0 Å². The molecule has 0 aliphatic heterocycles. The number of rotatable bonds is 8. The third kappa shape index (κ3) is 4.86. The van der Waals surface area contributed by atoms with Crippen LogP contribution in [0.1, 0.15) is 42.1 Å². The lowest BCUT2D eigenvalue weighted by Gasteiger charge is -2.17. The number of carboxylic acids is 1. The van der Waals surface area contributed by atoms with Gasteiger partial charge in [-0.1, -0.05) is 12.1 Å². The molecule has 5 nitrogen and oxygen atoms in total. The summed E-state index contributed by atoms with van der Waals surface area (Å²) in [7, 11) is 0. The molecular formula is C16H21NO4. The van der Waals surface area contributed by atoms with E-state index in [0.717, 1.165) is 18.4 Å². The molecule has 21 heavy (non-hydrogen) atoms. The van der Waals surface area contributed by atoms with Crippen molar-refractivity contribution in [1.82, 2.24) is 5.32 Å². The Bertz CT molecular complexity index is 494. The summed E-state index contributed by atoms with van der Waals surface area (Å²) in [4.78, 5) is 22.4. The maximum absolute atomic E-state index is 11.6. The first-order valence-electron chi connectivity index (χ1n) is 7.31.